The molecule has 1 rings (SSSR count). The summed E-state index contributed by atoms with van der Waals surface area (Å²) in [7, 11) is 0. The van der Waals surface area contributed by atoms with Gasteiger partial charge in [0.25, 0.3) is 0 Å². The Kier molecular flexibility index (Phi) is 4.99. The summed E-state index contributed by atoms with van der Waals surface area (Å²) in [5.74, 6) is 0.000378. The molecule has 18 heavy (non-hydrogen) atoms. The van der Waals surface area contributed by atoms with E-state index in [1.165, 1.54) is 0 Å². The lowest BCUT2D eigenvalue weighted by atomic mass is 10.1. The highest BCUT2D eigenvalue weighted by Gasteiger charge is 2.25. The first-order chi connectivity index (χ1) is 8.30. The molecule has 1 fully saturated rings. The zero-order valence-corrected chi connectivity index (χ0v) is 11.7. The van der Waals surface area contributed by atoms with Crippen molar-refractivity contribution in [3.8, 4) is 0 Å². The van der Waals surface area contributed by atoms with Gasteiger partial charge < -0.3 is 15.4 Å². The summed E-state index contributed by atoms with van der Waals surface area (Å²) in [5.41, 5.74) is -0.515. The molecule has 0 aromatic heterocycles. The van der Waals surface area contributed by atoms with Crippen LogP contribution in [0.25, 0.3) is 0 Å². The van der Waals surface area contributed by atoms with Crippen molar-refractivity contribution in [2.75, 3.05) is 0 Å². The summed E-state index contributed by atoms with van der Waals surface area (Å²) in [4.78, 5) is 23.2. The molecule has 1 aliphatic rings. The minimum atomic E-state index is -0.515. The molecular formula is C13H24N2O3. The Morgan fingerprint density at radius 1 is 1.33 bits per heavy atom. The minimum Gasteiger partial charge on any atom is -0.444 e. The van der Waals surface area contributed by atoms with Gasteiger partial charge in [-0.2, -0.15) is 0 Å². The van der Waals surface area contributed by atoms with Gasteiger partial charge in [-0.25, -0.2) is 4.79 Å². The fourth-order valence-corrected chi connectivity index (χ4v) is 1.51. The Bertz CT molecular complexity index is 306. The molecule has 104 valence electrons. The fraction of sp³-hybridized carbons (Fsp3) is 0.846. The molecule has 2 amide bonds. The zero-order valence-electron chi connectivity index (χ0n) is 11.7. The lowest BCUT2D eigenvalue weighted by Crippen LogP contribution is -2.41. The number of nitrogens with one attached hydrogen (secondary N) is 2. The number of ether oxygens (including phenoxy) is 1. The number of amides is 2. The van der Waals surface area contributed by atoms with E-state index in [1.807, 2.05) is 27.7 Å². The summed E-state index contributed by atoms with van der Waals surface area (Å²) in [6, 6.07) is 0.190. The molecule has 0 radical (unpaired) electrons. The van der Waals surface area contributed by atoms with Gasteiger partial charge in [0.1, 0.15) is 5.60 Å². The number of carbonyl (C=O) groups is 2. The van der Waals surface area contributed by atoms with Crippen molar-refractivity contribution in [1.29, 1.82) is 0 Å². The Hall–Kier alpha value is -1.26. The molecule has 0 spiro atoms. The molecule has 1 saturated carbocycles. The molecular weight excluding hydrogens is 232 g/mol. The van der Waals surface area contributed by atoms with Crippen LogP contribution in [0.4, 0.5) is 4.79 Å². The largest absolute Gasteiger partial charge is 0.444 e. The van der Waals surface area contributed by atoms with Crippen LogP contribution >= 0.6 is 0 Å². The summed E-state index contributed by atoms with van der Waals surface area (Å²) in [6.07, 6.45) is 2.70. The standard InChI is InChI=1S/C13H24N2O3/c1-5-9(8-11(16)14-10-6-7-10)15-12(17)18-13(2,3)4/h9-10H,5-8H2,1-4H3,(H,14,16)(H,15,17)/t9-/m0/s1. The molecule has 0 bridgehead atoms. The summed E-state index contributed by atoms with van der Waals surface area (Å²) < 4.78 is 5.16. The maximum atomic E-state index is 11.6. The number of hydrogen-bond acceptors (Lipinski definition) is 3. The quantitative estimate of drug-likeness (QED) is 0.790. The molecule has 0 heterocycles. The van der Waals surface area contributed by atoms with E-state index in [9.17, 15) is 9.59 Å². The highest BCUT2D eigenvalue weighted by atomic mass is 16.6. The molecule has 0 aromatic rings. The predicted octanol–water partition coefficient (Wildman–Crippen LogP) is 1.96. The maximum absolute atomic E-state index is 11.6. The van der Waals surface area contributed by atoms with Crippen LogP contribution in [0.1, 0.15) is 53.4 Å². The van der Waals surface area contributed by atoms with Gasteiger partial charge in [0.05, 0.1) is 0 Å². The highest BCUT2D eigenvalue weighted by molar-refractivity contribution is 5.78. The van der Waals surface area contributed by atoms with Crippen molar-refractivity contribution >= 4 is 12.0 Å². The second-order valence-electron chi connectivity index (χ2n) is 5.80. The van der Waals surface area contributed by atoms with Crippen LogP contribution in [0.2, 0.25) is 0 Å². The van der Waals surface area contributed by atoms with Crippen molar-refractivity contribution in [2.45, 2.75) is 71.1 Å². The SMILES string of the molecule is CC[C@@H](CC(=O)NC1CC1)NC(=O)OC(C)(C)C. The normalized spacial score (nSPS) is 16.9. The molecule has 0 aliphatic heterocycles. The van der Waals surface area contributed by atoms with E-state index in [-0.39, 0.29) is 11.9 Å². The van der Waals surface area contributed by atoms with Gasteiger partial charge in [-0.1, -0.05) is 6.92 Å². The summed E-state index contributed by atoms with van der Waals surface area (Å²) >= 11 is 0. The Labute approximate surface area is 109 Å². The van der Waals surface area contributed by atoms with E-state index in [4.69, 9.17) is 4.74 Å². The zero-order chi connectivity index (χ0) is 13.8. The summed E-state index contributed by atoms with van der Waals surface area (Å²) in [5, 5.41) is 5.63. The second kappa shape index (κ2) is 6.07. The molecule has 0 unspecified atom stereocenters. The first kappa shape index (κ1) is 14.8. The summed E-state index contributed by atoms with van der Waals surface area (Å²) in [6.45, 7) is 7.38. The third-order valence-corrected chi connectivity index (χ3v) is 2.59. The Morgan fingerprint density at radius 3 is 2.39 bits per heavy atom. The molecule has 0 aromatic carbocycles. The number of carbonyl (C=O) groups excluding carboxylic acids is 2. The lowest BCUT2D eigenvalue weighted by Gasteiger charge is -2.22. The van der Waals surface area contributed by atoms with Crippen molar-refractivity contribution < 1.29 is 14.3 Å². The molecule has 5 nitrogen and oxygen atoms in total. The maximum Gasteiger partial charge on any atom is 0.407 e. The van der Waals surface area contributed by atoms with Crippen molar-refractivity contribution in [3.63, 3.8) is 0 Å². The van der Waals surface area contributed by atoms with E-state index in [0.29, 0.717) is 18.9 Å². The van der Waals surface area contributed by atoms with Crippen LogP contribution in [0.15, 0.2) is 0 Å². The van der Waals surface area contributed by atoms with E-state index < -0.39 is 11.7 Å². The average molecular weight is 256 g/mol. The van der Waals surface area contributed by atoms with E-state index >= 15 is 0 Å². The van der Waals surface area contributed by atoms with Crippen LogP contribution in [0.3, 0.4) is 0 Å². The van der Waals surface area contributed by atoms with Gasteiger partial charge in [0, 0.05) is 18.5 Å². The first-order valence-electron chi connectivity index (χ1n) is 6.59. The van der Waals surface area contributed by atoms with E-state index in [2.05, 4.69) is 10.6 Å². The van der Waals surface area contributed by atoms with Crippen LogP contribution < -0.4 is 10.6 Å². The van der Waals surface area contributed by atoms with Gasteiger partial charge in [-0.05, 0) is 40.0 Å². The molecule has 1 aliphatic carbocycles. The number of hydrogen-bond donors (Lipinski definition) is 2. The third-order valence-electron chi connectivity index (χ3n) is 2.59. The highest BCUT2D eigenvalue weighted by Crippen LogP contribution is 2.18. The van der Waals surface area contributed by atoms with Gasteiger partial charge in [0.15, 0.2) is 0 Å². The monoisotopic (exact) mass is 256 g/mol. The van der Waals surface area contributed by atoms with Crippen molar-refractivity contribution in [1.82, 2.24) is 10.6 Å². The molecule has 0 saturated heterocycles. The third kappa shape index (κ3) is 6.47. The molecule has 2 N–H and O–H groups in total. The Balaban J connectivity index is 2.31. The average Bonchev–Trinajstić information content (AvgIpc) is 2.97. The molecule has 5 heteroatoms. The number of rotatable bonds is 5. The fourth-order valence-electron chi connectivity index (χ4n) is 1.51. The minimum absolute atomic E-state index is 0.000378. The van der Waals surface area contributed by atoms with E-state index in [1.54, 1.807) is 0 Å². The van der Waals surface area contributed by atoms with Crippen molar-refractivity contribution in [2.24, 2.45) is 0 Å². The van der Waals surface area contributed by atoms with Crippen LogP contribution in [-0.4, -0.2) is 29.7 Å². The smallest absolute Gasteiger partial charge is 0.407 e. The Morgan fingerprint density at radius 2 is 1.94 bits per heavy atom. The first-order valence-corrected chi connectivity index (χ1v) is 6.59. The topological polar surface area (TPSA) is 67.4 Å². The van der Waals surface area contributed by atoms with Crippen LogP contribution in [-0.2, 0) is 9.53 Å². The van der Waals surface area contributed by atoms with Crippen LogP contribution in [0.5, 0.6) is 0 Å². The second-order valence-corrected chi connectivity index (χ2v) is 5.80. The van der Waals surface area contributed by atoms with Gasteiger partial charge in [-0.15, -0.1) is 0 Å². The van der Waals surface area contributed by atoms with Gasteiger partial charge in [0.2, 0.25) is 5.91 Å². The van der Waals surface area contributed by atoms with Crippen molar-refractivity contribution in [3.05, 3.63) is 0 Å². The molecule has 1 atom stereocenters. The predicted molar refractivity (Wildman–Crippen MR) is 69.2 cm³/mol. The van der Waals surface area contributed by atoms with Gasteiger partial charge >= 0.3 is 6.09 Å². The van der Waals surface area contributed by atoms with Crippen LogP contribution in [0, 0.1) is 0 Å². The lowest BCUT2D eigenvalue weighted by molar-refractivity contribution is -0.121. The van der Waals surface area contributed by atoms with E-state index in [0.717, 1.165) is 12.8 Å². The number of alkyl carbamates (subject to hydrolysis) is 1. The van der Waals surface area contributed by atoms with Gasteiger partial charge in [-0.3, -0.25) is 4.79 Å².